The number of fused-ring (bicyclic) bond motifs is 4. The van der Waals surface area contributed by atoms with E-state index in [4.69, 9.17) is 5.73 Å². The number of aliphatic hydroxyl groups is 1. The van der Waals surface area contributed by atoms with Gasteiger partial charge in [0.15, 0.2) is 11.5 Å². The lowest BCUT2D eigenvalue weighted by atomic mass is 9.93. The predicted molar refractivity (Wildman–Crippen MR) is 187 cm³/mol. The third-order valence-electron chi connectivity index (χ3n) is 9.47. The molecular formula is C36H31F7N8O4S. The number of rotatable bonds is 10. The molecule has 1 unspecified atom stereocenters. The first-order valence-corrected chi connectivity index (χ1v) is 18.8. The highest BCUT2D eigenvalue weighted by molar-refractivity contribution is 7.92. The molecular weight excluding hydrogens is 774 g/mol. The average Bonchev–Trinajstić information content (AvgIpc) is 3.65. The minimum absolute atomic E-state index is 0.00341. The monoisotopic (exact) mass is 804 g/mol. The Kier molecular flexibility index (Phi) is 9.61. The van der Waals surface area contributed by atoms with E-state index in [9.17, 15) is 40.3 Å². The summed E-state index contributed by atoms with van der Waals surface area (Å²) in [6.07, 6.45) is -4.68. The van der Waals surface area contributed by atoms with E-state index in [1.54, 1.807) is 18.2 Å². The molecule has 2 aromatic carbocycles. The van der Waals surface area contributed by atoms with Gasteiger partial charge in [-0.1, -0.05) is 18.1 Å². The van der Waals surface area contributed by atoms with Crippen LogP contribution in [0.2, 0.25) is 0 Å². The Hall–Kier alpha value is -5.52. The quantitative estimate of drug-likeness (QED) is 0.118. The van der Waals surface area contributed by atoms with E-state index in [2.05, 4.69) is 37.1 Å². The van der Waals surface area contributed by atoms with Gasteiger partial charge in [0, 0.05) is 41.1 Å². The smallest absolute Gasteiger partial charge is 0.394 e. The molecule has 0 aliphatic heterocycles. The highest BCUT2D eigenvalue weighted by Gasteiger charge is 2.68. The Morgan fingerprint density at radius 1 is 1.11 bits per heavy atom. The average molecular weight is 805 g/mol. The van der Waals surface area contributed by atoms with Crippen LogP contribution in [0.5, 0.6) is 0 Å². The summed E-state index contributed by atoms with van der Waals surface area (Å²) in [5.41, 5.74) is 3.67. The van der Waals surface area contributed by atoms with Crippen LogP contribution < -0.4 is 15.8 Å². The summed E-state index contributed by atoms with van der Waals surface area (Å²) in [5.74, 6) is -3.80. The topological polar surface area (TPSA) is 170 Å². The van der Waals surface area contributed by atoms with Crippen molar-refractivity contribution in [3.05, 3.63) is 94.1 Å². The zero-order valence-corrected chi connectivity index (χ0v) is 30.1. The molecule has 2 aliphatic rings. The van der Waals surface area contributed by atoms with Crippen molar-refractivity contribution < 1.29 is 49.1 Å². The highest BCUT2D eigenvalue weighted by Crippen LogP contribution is 2.68. The van der Waals surface area contributed by atoms with Crippen molar-refractivity contribution >= 4 is 32.7 Å². The lowest BCUT2D eigenvalue weighted by Gasteiger charge is -2.23. The summed E-state index contributed by atoms with van der Waals surface area (Å²) in [6, 6.07) is 8.06. The molecule has 0 spiro atoms. The van der Waals surface area contributed by atoms with E-state index in [1.807, 2.05) is 0 Å². The van der Waals surface area contributed by atoms with E-state index >= 15 is 8.78 Å². The van der Waals surface area contributed by atoms with Gasteiger partial charge in [-0.3, -0.25) is 18.9 Å². The molecule has 294 valence electrons. The molecule has 0 bridgehead atoms. The number of aliphatic hydroxyl groups excluding tert-OH is 1. The second-order valence-electron chi connectivity index (χ2n) is 13.7. The summed E-state index contributed by atoms with van der Waals surface area (Å²) in [5, 5.41) is 20.1. The first-order valence-electron chi connectivity index (χ1n) is 16.9. The summed E-state index contributed by atoms with van der Waals surface area (Å²) in [4.78, 5) is 18.5. The number of hydrogen-bond acceptors (Lipinski definition) is 8. The maximum atomic E-state index is 15.3. The fraction of sp³-hybridized carbons (Fsp3) is 0.333. The van der Waals surface area contributed by atoms with Crippen LogP contribution >= 0.6 is 0 Å². The number of anilines is 1. The van der Waals surface area contributed by atoms with Gasteiger partial charge in [-0.05, 0) is 60.6 Å². The van der Waals surface area contributed by atoms with Crippen molar-refractivity contribution in [1.82, 2.24) is 29.9 Å². The number of halogens is 7. The van der Waals surface area contributed by atoms with Crippen LogP contribution in [0.1, 0.15) is 52.3 Å². The number of sulfonamides is 1. The summed E-state index contributed by atoms with van der Waals surface area (Å²) in [7, 11) is -2.25. The molecule has 1 saturated carbocycles. The number of nitrogens with two attached hydrogens (primary N) is 1. The molecule has 4 atom stereocenters. The van der Waals surface area contributed by atoms with Gasteiger partial charge in [0.1, 0.15) is 29.6 Å². The Morgan fingerprint density at radius 2 is 1.82 bits per heavy atom. The van der Waals surface area contributed by atoms with Gasteiger partial charge in [0.05, 0.1) is 36.2 Å². The number of nitrogens with zero attached hydrogens (tertiary/aromatic N) is 5. The van der Waals surface area contributed by atoms with E-state index < -0.39 is 93.7 Å². The molecule has 12 nitrogen and oxygen atoms in total. The molecule has 56 heavy (non-hydrogen) atoms. The number of aromatic nitrogens is 5. The molecule has 2 aliphatic carbocycles. The van der Waals surface area contributed by atoms with Gasteiger partial charge in [-0.2, -0.15) is 32.1 Å². The van der Waals surface area contributed by atoms with E-state index in [-0.39, 0.29) is 41.2 Å². The van der Waals surface area contributed by atoms with Crippen LogP contribution in [0.3, 0.4) is 0 Å². The maximum absolute atomic E-state index is 15.3. The summed E-state index contributed by atoms with van der Waals surface area (Å²) < 4.78 is 130. The lowest BCUT2D eigenvalue weighted by Crippen LogP contribution is -2.35. The van der Waals surface area contributed by atoms with Gasteiger partial charge < -0.3 is 16.2 Å². The van der Waals surface area contributed by atoms with Crippen LogP contribution in [0.15, 0.2) is 48.5 Å². The number of nitrogens with one attached hydrogen (secondary N) is 2. The van der Waals surface area contributed by atoms with Crippen molar-refractivity contribution in [3.8, 4) is 23.0 Å². The fourth-order valence-electron chi connectivity index (χ4n) is 7.20. The fourth-order valence-corrected chi connectivity index (χ4v) is 7.71. The standard InChI is InChI=1S/C36H31F7N8O4S/c1-50-31-23(4-3-5-24(31)34(48-50)49-56(2,54)55)22-9-8-21(7-6-20(44)16-52)45-30(22)27(12-17-10-18(37)13-19(38)11-17)46-28(53)15-51-33-29(32(47-51)36(41,42)43)25-14-26(25)35(33,39)40/h3-5,8-11,13,20,25-27,52H,12,14-16,44H2,1-2H3,(H,46,53)(H,48,49)/t20-,25+,26-,27?/m1/s1. The number of amides is 1. The molecule has 0 saturated heterocycles. The SMILES string of the molecule is Cn1nc(NS(C)(=O)=O)c2cccc(-c3ccc(C#C[C@@H](N)CO)nc3C(Cc3cc(F)cc(F)c3)NC(=O)Cn3nc(C(F)(F)F)c4c3C(F)(F)[C@@H]3C[C@H]43)c21. The van der Waals surface area contributed by atoms with Gasteiger partial charge in [0.25, 0.3) is 5.92 Å². The second-order valence-corrected chi connectivity index (χ2v) is 15.4. The van der Waals surface area contributed by atoms with Crippen LogP contribution in [0.4, 0.5) is 36.6 Å². The van der Waals surface area contributed by atoms with Crippen molar-refractivity contribution in [3.63, 3.8) is 0 Å². The van der Waals surface area contributed by atoms with Crippen molar-refractivity contribution in [2.75, 3.05) is 17.6 Å². The molecule has 5 N–H and O–H groups in total. The summed E-state index contributed by atoms with van der Waals surface area (Å²) in [6.45, 7) is -1.58. The Bertz CT molecular complexity index is 2560. The zero-order chi connectivity index (χ0) is 40.5. The molecule has 5 aromatic rings. The predicted octanol–water partition coefficient (Wildman–Crippen LogP) is 4.48. The Labute approximate surface area is 313 Å². The number of aryl methyl sites for hydroxylation is 1. The number of alkyl halides is 5. The number of para-hydroxylation sites is 1. The van der Waals surface area contributed by atoms with E-state index in [0.717, 1.165) is 18.4 Å². The van der Waals surface area contributed by atoms with Crippen LogP contribution in [0.25, 0.3) is 22.0 Å². The van der Waals surface area contributed by atoms with Crippen molar-refractivity contribution in [2.24, 2.45) is 18.7 Å². The van der Waals surface area contributed by atoms with Crippen LogP contribution in [-0.2, 0) is 46.9 Å². The third kappa shape index (κ3) is 7.41. The molecule has 3 aromatic heterocycles. The lowest BCUT2D eigenvalue weighted by molar-refractivity contribution is -0.142. The zero-order valence-electron chi connectivity index (χ0n) is 29.3. The van der Waals surface area contributed by atoms with Crippen molar-refractivity contribution in [1.29, 1.82) is 0 Å². The minimum atomic E-state index is -5.08. The third-order valence-corrected chi connectivity index (χ3v) is 10.0. The number of pyridine rings is 1. The largest absolute Gasteiger partial charge is 0.435 e. The first-order chi connectivity index (χ1) is 26.2. The molecule has 20 heteroatoms. The van der Waals surface area contributed by atoms with Crippen LogP contribution in [0, 0.1) is 29.4 Å². The number of hydrogen-bond donors (Lipinski definition) is 4. The van der Waals surface area contributed by atoms with Gasteiger partial charge in [-0.25, -0.2) is 22.2 Å². The molecule has 7 rings (SSSR count). The van der Waals surface area contributed by atoms with E-state index in [0.29, 0.717) is 27.2 Å². The molecule has 1 fully saturated rings. The normalized spacial score (nSPS) is 18.1. The number of carbonyl (C=O) groups is 1. The summed E-state index contributed by atoms with van der Waals surface area (Å²) >= 11 is 0. The maximum Gasteiger partial charge on any atom is 0.435 e. The minimum Gasteiger partial charge on any atom is -0.394 e. The van der Waals surface area contributed by atoms with Gasteiger partial charge in [-0.15, -0.1) is 0 Å². The van der Waals surface area contributed by atoms with Gasteiger partial charge in [0.2, 0.25) is 15.9 Å². The Balaban J connectivity index is 1.37. The molecule has 0 radical (unpaired) electrons. The molecule has 3 heterocycles. The van der Waals surface area contributed by atoms with Crippen LogP contribution in [-0.4, -0.2) is 62.9 Å². The number of benzene rings is 2. The Morgan fingerprint density at radius 3 is 2.48 bits per heavy atom. The second kappa shape index (κ2) is 13.9. The number of carbonyl (C=O) groups excluding carboxylic acids is 1. The highest BCUT2D eigenvalue weighted by atomic mass is 32.2. The van der Waals surface area contributed by atoms with Gasteiger partial charge >= 0.3 is 6.18 Å². The van der Waals surface area contributed by atoms with Crippen molar-refractivity contribution in [2.45, 2.75) is 49.5 Å². The molecule has 1 amide bonds. The van der Waals surface area contributed by atoms with E-state index in [1.165, 1.54) is 23.9 Å². The first kappa shape index (κ1) is 38.7.